The predicted molar refractivity (Wildman–Crippen MR) is 94.5 cm³/mol. The molecule has 2 aromatic rings. The maximum absolute atomic E-state index is 11.9. The smallest absolute Gasteiger partial charge is 0.243 e. The zero-order chi connectivity index (χ0) is 16.6. The Morgan fingerprint density at radius 1 is 1.08 bits per heavy atom. The number of hydrogen-bond donors (Lipinski definition) is 2. The van der Waals surface area contributed by atoms with Gasteiger partial charge in [0.25, 0.3) is 0 Å². The Morgan fingerprint density at radius 2 is 1.88 bits per heavy atom. The molecule has 3 rings (SSSR count). The first kappa shape index (κ1) is 16.3. The van der Waals surface area contributed by atoms with Gasteiger partial charge in [-0.15, -0.1) is 0 Å². The Hall–Kier alpha value is -2.53. The lowest BCUT2D eigenvalue weighted by molar-refractivity contribution is -0.114. The lowest BCUT2D eigenvalue weighted by atomic mass is 10.2. The monoisotopic (exact) mass is 326 g/mol. The average Bonchev–Trinajstić information content (AvgIpc) is 3.13. The molecule has 0 spiro atoms. The molecule has 0 bridgehead atoms. The summed E-state index contributed by atoms with van der Waals surface area (Å²) in [5.74, 6) is 0.727. The Bertz CT molecular complexity index is 637. The quantitative estimate of drug-likeness (QED) is 0.820. The molecule has 2 aromatic carbocycles. The van der Waals surface area contributed by atoms with Crippen LogP contribution in [0.1, 0.15) is 12.8 Å². The van der Waals surface area contributed by atoms with Gasteiger partial charge in [0.1, 0.15) is 12.4 Å². The van der Waals surface area contributed by atoms with Gasteiger partial charge in [0.05, 0.1) is 12.6 Å². The number of carbonyl (C=O) groups excluding carboxylic acids is 1. The van der Waals surface area contributed by atoms with Crippen LogP contribution in [0.15, 0.2) is 54.6 Å². The van der Waals surface area contributed by atoms with E-state index >= 15 is 0 Å². The van der Waals surface area contributed by atoms with Gasteiger partial charge in [-0.05, 0) is 49.2 Å². The number of carbonyl (C=O) groups is 1. The highest BCUT2D eigenvalue weighted by atomic mass is 16.5. The molecule has 0 radical (unpaired) electrons. The lowest BCUT2D eigenvalue weighted by Gasteiger charge is -2.12. The van der Waals surface area contributed by atoms with Crippen molar-refractivity contribution < 1.29 is 14.3 Å². The van der Waals surface area contributed by atoms with Crippen LogP contribution in [0.5, 0.6) is 5.75 Å². The molecule has 24 heavy (non-hydrogen) atoms. The van der Waals surface area contributed by atoms with Crippen LogP contribution in [0.4, 0.5) is 11.4 Å². The molecule has 1 heterocycles. The summed E-state index contributed by atoms with van der Waals surface area (Å²) < 4.78 is 11.2. The maximum atomic E-state index is 11.9. The minimum absolute atomic E-state index is 0.0834. The third kappa shape index (κ3) is 4.99. The van der Waals surface area contributed by atoms with Crippen molar-refractivity contribution in [3.8, 4) is 5.75 Å². The molecule has 0 saturated carbocycles. The fraction of sp³-hybridized carbons (Fsp3) is 0.316. The number of hydrogen-bond acceptors (Lipinski definition) is 4. The minimum atomic E-state index is -0.0834. The van der Waals surface area contributed by atoms with Gasteiger partial charge in [-0.25, -0.2) is 0 Å². The second kappa shape index (κ2) is 8.36. The van der Waals surface area contributed by atoms with Gasteiger partial charge in [0.2, 0.25) is 5.91 Å². The molecule has 1 aliphatic rings. The molecule has 1 amide bonds. The van der Waals surface area contributed by atoms with Crippen molar-refractivity contribution in [3.05, 3.63) is 54.6 Å². The minimum Gasteiger partial charge on any atom is -0.491 e. The first-order valence-corrected chi connectivity index (χ1v) is 8.23. The number of anilines is 2. The van der Waals surface area contributed by atoms with Crippen LogP contribution >= 0.6 is 0 Å². The molecule has 2 N–H and O–H groups in total. The zero-order valence-corrected chi connectivity index (χ0v) is 13.5. The van der Waals surface area contributed by atoms with Crippen LogP contribution in [0.2, 0.25) is 0 Å². The highest BCUT2D eigenvalue weighted by Crippen LogP contribution is 2.18. The summed E-state index contributed by atoms with van der Waals surface area (Å²) >= 11 is 0. The number of nitrogens with one attached hydrogen (secondary N) is 2. The number of amides is 1. The van der Waals surface area contributed by atoms with Crippen molar-refractivity contribution in [1.29, 1.82) is 0 Å². The molecule has 5 heteroatoms. The van der Waals surface area contributed by atoms with Crippen LogP contribution in [0.3, 0.4) is 0 Å². The number of benzene rings is 2. The van der Waals surface area contributed by atoms with Crippen molar-refractivity contribution >= 4 is 17.3 Å². The maximum Gasteiger partial charge on any atom is 0.243 e. The van der Waals surface area contributed by atoms with Crippen molar-refractivity contribution in [2.45, 2.75) is 18.9 Å². The number of ether oxygens (including phenoxy) is 2. The van der Waals surface area contributed by atoms with Crippen LogP contribution in [-0.4, -0.2) is 31.8 Å². The van der Waals surface area contributed by atoms with E-state index in [1.807, 2.05) is 54.6 Å². The first-order chi connectivity index (χ1) is 11.8. The number of rotatable bonds is 7. The fourth-order valence-electron chi connectivity index (χ4n) is 2.54. The molecule has 5 nitrogen and oxygen atoms in total. The van der Waals surface area contributed by atoms with E-state index in [0.717, 1.165) is 36.6 Å². The van der Waals surface area contributed by atoms with Gasteiger partial charge in [0.15, 0.2) is 0 Å². The van der Waals surface area contributed by atoms with E-state index in [9.17, 15) is 4.79 Å². The van der Waals surface area contributed by atoms with Gasteiger partial charge < -0.3 is 20.1 Å². The van der Waals surface area contributed by atoms with Crippen LogP contribution in [0, 0.1) is 0 Å². The summed E-state index contributed by atoms with van der Waals surface area (Å²) in [4.78, 5) is 11.9. The molecule has 126 valence electrons. The van der Waals surface area contributed by atoms with E-state index in [2.05, 4.69) is 10.6 Å². The lowest BCUT2D eigenvalue weighted by Crippen LogP contribution is -2.21. The van der Waals surface area contributed by atoms with Crippen molar-refractivity contribution in [3.63, 3.8) is 0 Å². The molecule has 1 aliphatic heterocycles. The van der Waals surface area contributed by atoms with Crippen LogP contribution in [-0.2, 0) is 9.53 Å². The summed E-state index contributed by atoms with van der Waals surface area (Å²) in [6, 6.07) is 17.0. The van der Waals surface area contributed by atoms with E-state index in [0.29, 0.717) is 6.61 Å². The molecule has 0 aliphatic carbocycles. The van der Waals surface area contributed by atoms with Gasteiger partial charge >= 0.3 is 0 Å². The number of para-hydroxylation sites is 1. The highest BCUT2D eigenvalue weighted by Gasteiger charge is 2.15. The van der Waals surface area contributed by atoms with E-state index in [1.54, 1.807) is 0 Å². The topological polar surface area (TPSA) is 59.6 Å². The van der Waals surface area contributed by atoms with E-state index in [-0.39, 0.29) is 18.6 Å². The summed E-state index contributed by atoms with van der Waals surface area (Å²) in [5.41, 5.74) is 1.67. The fourth-order valence-corrected chi connectivity index (χ4v) is 2.54. The third-order valence-electron chi connectivity index (χ3n) is 3.82. The molecule has 1 saturated heterocycles. The van der Waals surface area contributed by atoms with Gasteiger partial charge in [-0.1, -0.05) is 18.2 Å². The Kier molecular flexibility index (Phi) is 5.69. The molecular formula is C19H22N2O3. The van der Waals surface area contributed by atoms with Gasteiger partial charge in [-0.3, -0.25) is 4.79 Å². The average molecular weight is 326 g/mol. The second-order valence-electron chi connectivity index (χ2n) is 5.74. The summed E-state index contributed by atoms with van der Waals surface area (Å²) in [6.07, 6.45) is 2.39. The summed E-state index contributed by atoms with van der Waals surface area (Å²) in [6.45, 7) is 1.64. The van der Waals surface area contributed by atoms with Gasteiger partial charge in [0, 0.05) is 18.0 Å². The molecule has 1 fully saturated rings. The summed E-state index contributed by atoms with van der Waals surface area (Å²) in [5, 5.41) is 5.93. The predicted octanol–water partition coefficient (Wildman–Crippen LogP) is 3.30. The first-order valence-electron chi connectivity index (χ1n) is 8.23. The Labute approximate surface area is 142 Å². The third-order valence-corrected chi connectivity index (χ3v) is 3.82. The zero-order valence-electron chi connectivity index (χ0n) is 13.5. The molecule has 1 atom stereocenters. The largest absolute Gasteiger partial charge is 0.491 e. The molecule has 1 unspecified atom stereocenters. The molecule has 0 aromatic heterocycles. The molecular weight excluding hydrogens is 304 g/mol. The standard InChI is InChI=1S/C19H22N2O3/c22-19(21-16-5-2-1-3-6-16)13-20-15-8-10-17(11-9-15)24-14-18-7-4-12-23-18/h1-3,5-6,8-11,18,20H,4,7,12-14H2,(H,21,22). The Balaban J connectivity index is 1.41. The van der Waals surface area contributed by atoms with Crippen molar-refractivity contribution in [2.24, 2.45) is 0 Å². The highest BCUT2D eigenvalue weighted by molar-refractivity contribution is 5.93. The van der Waals surface area contributed by atoms with Crippen LogP contribution in [0.25, 0.3) is 0 Å². The van der Waals surface area contributed by atoms with Crippen molar-refractivity contribution in [2.75, 3.05) is 30.4 Å². The Morgan fingerprint density at radius 3 is 2.58 bits per heavy atom. The SMILES string of the molecule is O=C(CNc1ccc(OCC2CCCO2)cc1)Nc1ccccc1. The van der Waals surface area contributed by atoms with Gasteiger partial charge in [-0.2, -0.15) is 0 Å². The van der Waals surface area contributed by atoms with E-state index < -0.39 is 0 Å². The van der Waals surface area contributed by atoms with E-state index in [4.69, 9.17) is 9.47 Å². The van der Waals surface area contributed by atoms with E-state index in [1.165, 1.54) is 0 Å². The second-order valence-corrected chi connectivity index (χ2v) is 5.74. The normalized spacial score (nSPS) is 16.6. The van der Waals surface area contributed by atoms with Crippen molar-refractivity contribution in [1.82, 2.24) is 0 Å². The summed E-state index contributed by atoms with van der Waals surface area (Å²) in [7, 11) is 0. The van der Waals surface area contributed by atoms with Crippen LogP contribution < -0.4 is 15.4 Å².